The third-order valence-corrected chi connectivity index (χ3v) is 5.52. The van der Waals surface area contributed by atoms with E-state index in [0.717, 1.165) is 38.2 Å². The van der Waals surface area contributed by atoms with E-state index in [0.29, 0.717) is 18.0 Å². The molecule has 2 rings (SSSR count). The predicted octanol–water partition coefficient (Wildman–Crippen LogP) is 2.62. The fraction of sp³-hybridized carbons (Fsp3) is 0.636. The van der Waals surface area contributed by atoms with Gasteiger partial charge in [0.2, 0.25) is 5.91 Å². The molecule has 8 heteroatoms. The lowest BCUT2D eigenvalue weighted by atomic mass is 10.2. The van der Waals surface area contributed by atoms with Crippen molar-refractivity contribution in [1.29, 1.82) is 0 Å². The van der Waals surface area contributed by atoms with Crippen molar-refractivity contribution in [2.75, 3.05) is 45.3 Å². The van der Waals surface area contributed by atoms with Gasteiger partial charge in [-0.05, 0) is 51.5 Å². The monoisotopic (exact) mass is 420 g/mol. The first-order valence-corrected chi connectivity index (χ1v) is 10.7. The largest absolute Gasteiger partial charge is 0.493 e. The molecule has 1 aromatic rings. The number of hydrogen-bond donors (Lipinski definition) is 2. The summed E-state index contributed by atoms with van der Waals surface area (Å²) >= 11 is 0. The van der Waals surface area contributed by atoms with Crippen molar-refractivity contribution in [1.82, 2.24) is 15.5 Å². The number of methoxy groups -OCH3 is 2. The molecule has 0 saturated carbocycles. The second kappa shape index (κ2) is 11.6. The Labute approximate surface area is 179 Å². The SMILES string of the molecule is CCN(CC)CCC[C@H](C)NC(=O)N[C@@H]1CC(=O)N(c2ccc(OC)c(OC)c2)C1. The number of nitrogens with zero attached hydrogens (tertiary/aromatic N) is 2. The quantitative estimate of drug-likeness (QED) is 0.575. The van der Waals surface area contributed by atoms with Gasteiger partial charge in [0.1, 0.15) is 0 Å². The number of carbonyl (C=O) groups excluding carboxylic acids is 2. The van der Waals surface area contributed by atoms with Gasteiger partial charge < -0.3 is 29.9 Å². The van der Waals surface area contributed by atoms with Gasteiger partial charge in [0, 0.05) is 30.8 Å². The van der Waals surface area contributed by atoms with Crippen LogP contribution >= 0.6 is 0 Å². The molecule has 3 amide bonds. The zero-order chi connectivity index (χ0) is 22.1. The molecule has 1 aliphatic heterocycles. The van der Waals surface area contributed by atoms with Crippen LogP contribution in [-0.4, -0.2) is 69.3 Å². The van der Waals surface area contributed by atoms with Gasteiger partial charge in [-0.2, -0.15) is 0 Å². The topological polar surface area (TPSA) is 83.1 Å². The molecule has 8 nitrogen and oxygen atoms in total. The van der Waals surface area contributed by atoms with E-state index in [1.165, 1.54) is 0 Å². The van der Waals surface area contributed by atoms with Crippen LogP contribution in [0.1, 0.15) is 40.0 Å². The zero-order valence-electron chi connectivity index (χ0n) is 18.9. The van der Waals surface area contributed by atoms with Crippen molar-refractivity contribution >= 4 is 17.6 Å². The maximum absolute atomic E-state index is 12.5. The molecule has 0 radical (unpaired) electrons. The Morgan fingerprint density at radius 2 is 1.93 bits per heavy atom. The molecular formula is C22H36N4O4. The molecule has 0 spiro atoms. The Morgan fingerprint density at radius 1 is 1.23 bits per heavy atom. The number of hydrogen-bond acceptors (Lipinski definition) is 5. The summed E-state index contributed by atoms with van der Waals surface area (Å²) in [4.78, 5) is 28.9. The van der Waals surface area contributed by atoms with E-state index >= 15 is 0 Å². The van der Waals surface area contributed by atoms with Crippen molar-refractivity contribution in [2.24, 2.45) is 0 Å². The molecule has 0 bridgehead atoms. The summed E-state index contributed by atoms with van der Waals surface area (Å²) in [6, 6.07) is 5.00. The average molecular weight is 421 g/mol. The van der Waals surface area contributed by atoms with E-state index in [9.17, 15) is 9.59 Å². The molecule has 0 unspecified atom stereocenters. The number of rotatable bonds is 11. The minimum atomic E-state index is -0.228. The minimum absolute atomic E-state index is 0.0280. The second-order valence-electron chi connectivity index (χ2n) is 7.63. The molecule has 1 saturated heterocycles. The third-order valence-electron chi connectivity index (χ3n) is 5.52. The molecule has 1 fully saturated rings. The Morgan fingerprint density at radius 3 is 2.57 bits per heavy atom. The molecule has 1 heterocycles. The van der Waals surface area contributed by atoms with Gasteiger partial charge in [-0.15, -0.1) is 0 Å². The number of benzene rings is 1. The third kappa shape index (κ3) is 6.52. The zero-order valence-corrected chi connectivity index (χ0v) is 18.9. The second-order valence-corrected chi connectivity index (χ2v) is 7.63. The van der Waals surface area contributed by atoms with Crippen LogP contribution in [0.4, 0.5) is 10.5 Å². The number of nitrogens with one attached hydrogen (secondary N) is 2. The molecule has 0 aromatic heterocycles. The standard InChI is InChI=1S/C22H36N4O4/c1-6-25(7-2)12-8-9-16(3)23-22(28)24-17-13-21(27)26(15-17)18-10-11-19(29-4)20(14-18)30-5/h10-11,14,16-17H,6-9,12-13,15H2,1-5H3,(H2,23,24,28)/t16-,17+/m0/s1. The first-order valence-electron chi connectivity index (χ1n) is 10.7. The minimum Gasteiger partial charge on any atom is -0.493 e. The lowest BCUT2D eigenvalue weighted by Gasteiger charge is -2.21. The smallest absolute Gasteiger partial charge is 0.315 e. The molecule has 1 aliphatic rings. The van der Waals surface area contributed by atoms with E-state index in [-0.39, 0.29) is 30.4 Å². The molecule has 30 heavy (non-hydrogen) atoms. The van der Waals surface area contributed by atoms with Crippen molar-refractivity contribution < 1.29 is 19.1 Å². The highest BCUT2D eigenvalue weighted by atomic mass is 16.5. The normalized spacial score (nSPS) is 17.2. The van der Waals surface area contributed by atoms with Crippen LogP contribution in [0.25, 0.3) is 0 Å². The van der Waals surface area contributed by atoms with Crippen molar-refractivity contribution in [3.8, 4) is 11.5 Å². The van der Waals surface area contributed by atoms with Gasteiger partial charge in [-0.1, -0.05) is 13.8 Å². The Bertz CT molecular complexity index is 708. The van der Waals surface area contributed by atoms with Crippen LogP contribution in [0, 0.1) is 0 Å². The van der Waals surface area contributed by atoms with E-state index < -0.39 is 0 Å². The van der Waals surface area contributed by atoms with Crippen LogP contribution in [0.5, 0.6) is 11.5 Å². The highest BCUT2D eigenvalue weighted by molar-refractivity contribution is 5.97. The summed E-state index contributed by atoms with van der Waals surface area (Å²) in [6.45, 7) is 9.89. The van der Waals surface area contributed by atoms with E-state index in [1.807, 2.05) is 13.0 Å². The highest BCUT2D eigenvalue weighted by Gasteiger charge is 2.32. The summed E-state index contributed by atoms with van der Waals surface area (Å²) < 4.78 is 10.6. The van der Waals surface area contributed by atoms with Crippen LogP contribution in [0.2, 0.25) is 0 Å². The summed E-state index contributed by atoms with van der Waals surface area (Å²) in [5, 5.41) is 5.92. The lowest BCUT2D eigenvalue weighted by molar-refractivity contribution is -0.117. The van der Waals surface area contributed by atoms with E-state index in [4.69, 9.17) is 9.47 Å². The van der Waals surface area contributed by atoms with E-state index in [1.54, 1.807) is 31.3 Å². The average Bonchev–Trinajstić information content (AvgIpc) is 3.10. The Kier molecular flexibility index (Phi) is 9.23. The van der Waals surface area contributed by atoms with Crippen molar-refractivity contribution in [3.63, 3.8) is 0 Å². The fourth-order valence-electron chi connectivity index (χ4n) is 3.73. The maximum atomic E-state index is 12.5. The number of urea groups is 1. The molecule has 0 aliphatic carbocycles. The lowest BCUT2D eigenvalue weighted by Crippen LogP contribution is -2.46. The number of anilines is 1. The van der Waals surface area contributed by atoms with Gasteiger partial charge in [0.15, 0.2) is 11.5 Å². The fourth-order valence-corrected chi connectivity index (χ4v) is 3.73. The number of carbonyl (C=O) groups is 2. The van der Waals surface area contributed by atoms with Gasteiger partial charge in [0.25, 0.3) is 0 Å². The molecule has 168 valence electrons. The molecule has 2 atom stereocenters. The van der Waals surface area contributed by atoms with Crippen LogP contribution < -0.4 is 25.0 Å². The van der Waals surface area contributed by atoms with Gasteiger partial charge in [-0.25, -0.2) is 4.79 Å². The van der Waals surface area contributed by atoms with Crippen molar-refractivity contribution in [2.45, 2.75) is 52.1 Å². The Hall–Kier alpha value is -2.48. The maximum Gasteiger partial charge on any atom is 0.315 e. The molecule has 2 N–H and O–H groups in total. The summed E-state index contributed by atoms with van der Waals surface area (Å²) in [5.41, 5.74) is 0.729. The number of amides is 3. The Balaban J connectivity index is 1.83. The van der Waals surface area contributed by atoms with Crippen LogP contribution in [0.15, 0.2) is 18.2 Å². The van der Waals surface area contributed by atoms with E-state index in [2.05, 4.69) is 29.4 Å². The van der Waals surface area contributed by atoms with Gasteiger partial charge in [-0.3, -0.25) is 4.79 Å². The summed E-state index contributed by atoms with van der Waals surface area (Å²) in [7, 11) is 3.13. The van der Waals surface area contributed by atoms with Gasteiger partial charge >= 0.3 is 6.03 Å². The first kappa shape index (κ1) is 23.8. The molecular weight excluding hydrogens is 384 g/mol. The number of ether oxygens (including phenoxy) is 2. The van der Waals surface area contributed by atoms with Crippen LogP contribution in [-0.2, 0) is 4.79 Å². The predicted molar refractivity (Wildman–Crippen MR) is 118 cm³/mol. The summed E-state index contributed by atoms with van der Waals surface area (Å²) in [6.07, 6.45) is 2.24. The molecule has 1 aromatic carbocycles. The highest BCUT2D eigenvalue weighted by Crippen LogP contribution is 2.33. The first-order chi connectivity index (χ1) is 14.4. The van der Waals surface area contributed by atoms with Crippen molar-refractivity contribution in [3.05, 3.63) is 18.2 Å². The summed E-state index contributed by atoms with van der Waals surface area (Å²) in [5.74, 6) is 1.15. The van der Waals surface area contributed by atoms with Crippen LogP contribution in [0.3, 0.4) is 0 Å². The van der Waals surface area contributed by atoms with Gasteiger partial charge in [0.05, 0.1) is 20.3 Å².